The number of fused-ring (bicyclic) bond motifs is 1. The van der Waals surface area contributed by atoms with Crippen molar-refractivity contribution in [3.8, 4) is 0 Å². The lowest BCUT2D eigenvalue weighted by Crippen LogP contribution is -2.52. The molecule has 5 nitrogen and oxygen atoms in total. The second-order valence-electron chi connectivity index (χ2n) is 6.04. The Labute approximate surface area is 124 Å². The summed E-state index contributed by atoms with van der Waals surface area (Å²) < 4.78 is 7.95. The summed E-state index contributed by atoms with van der Waals surface area (Å²) in [5.74, 6) is 5.76. The second-order valence-corrected chi connectivity index (χ2v) is 6.92. The van der Waals surface area contributed by atoms with Crippen LogP contribution in [0.2, 0.25) is 0 Å². The van der Waals surface area contributed by atoms with Crippen LogP contribution in [-0.2, 0) is 11.2 Å². The minimum absolute atomic E-state index is 0.0180. The summed E-state index contributed by atoms with van der Waals surface area (Å²) in [6.45, 7) is 9.20. The van der Waals surface area contributed by atoms with E-state index in [2.05, 4.69) is 37.4 Å². The number of nitrogens with zero attached hydrogens (tertiary/aromatic N) is 2. The molecule has 0 aliphatic carbocycles. The van der Waals surface area contributed by atoms with Crippen LogP contribution >= 0.6 is 11.3 Å². The number of nitrogens with one attached hydrogen (secondary N) is 1. The van der Waals surface area contributed by atoms with Crippen LogP contribution < -0.4 is 11.3 Å². The third-order valence-corrected chi connectivity index (χ3v) is 4.12. The molecule has 0 saturated heterocycles. The minimum Gasteiger partial charge on any atom is -0.376 e. The number of thiazole rings is 1. The topological polar surface area (TPSA) is 64.6 Å². The van der Waals surface area contributed by atoms with Crippen LogP contribution in [-0.4, -0.2) is 28.1 Å². The number of hydrogen-bond donors (Lipinski definition) is 2. The lowest BCUT2D eigenvalue weighted by atomic mass is 9.83. The largest absolute Gasteiger partial charge is 0.376 e. The van der Waals surface area contributed by atoms with Crippen LogP contribution in [0.4, 0.5) is 0 Å². The van der Waals surface area contributed by atoms with Crippen molar-refractivity contribution in [2.45, 2.75) is 46.3 Å². The van der Waals surface area contributed by atoms with Gasteiger partial charge >= 0.3 is 0 Å². The summed E-state index contributed by atoms with van der Waals surface area (Å²) in [5, 5.41) is 2.03. The van der Waals surface area contributed by atoms with Crippen LogP contribution in [0.5, 0.6) is 0 Å². The number of ether oxygens (including phenoxy) is 1. The van der Waals surface area contributed by atoms with Gasteiger partial charge in [-0.25, -0.2) is 4.98 Å². The molecule has 0 aromatic carbocycles. The summed E-state index contributed by atoms with van der Waals surface area (Å²) in [6.07, 6.45) is 4.87. The van der Waals surface area contributed by atoms with Gasteiger partial charge in [0.2, 0.25) is 0 Å². The molecule has 0 aliphatic heterocycles. The molecule has 2 heterocycles. The molecular weight excluding hydrogens is 272 g/mol. The summed E-state index contributed by atoms with van der Waals surface area (Å²) in [7, 11) is 0. The van der Waals surface area contributed by atoms with Gasteiger partial charge in [-0.1, -0.05) is 20.8 Å². The zero-order chi connectivity index (χ0) is 14.8. The molecule has 2 unspecified atom stereocenters. The third-order valence-electron chi connectivity index (χ3n) is 3.35. The maximum Gasteiger partial charge on any atom is 0.193 e. The lowest BCUT2D eigenvalue weighted by molar-refractivity contribution is -0.0357. The summed E-state index contributed by atoms with van der Waals surface area (Å²) in [6, 6.07) is 0.0413. The quantitative estimate of drug-likeness (QED) is 0.634. The van der Waals surface area contributed by atoms with E-state index in [0.29, 0.717) is 6.61 Å². The molecule has 2 aromatic heterocycles. The fraction of sp³-hybridized carbons (Fsp3) is 0.643. The average Bonchev–Trinajstić information content (AvgIpc) is 2.92. The van der Waals surface area contributed by atoms with Crippen molar-refractivity contribution in [3.05, 3.63) is 23.5 Å². The van der Waals surface area contributed by atoms with Crippen molar-refractivity contribution in [1.82, 2.24) is 14.8 Å². The molecule has 2 aromatic rings. The molecule has 0 radical (unpaired) electrons. The van der Waals surface area contributed by atoms with Gasteiger partial charge in [-0.2, -0.15) is 0 Å². The van der Waals surface area contributed by atoms with Crippen LogP contribution in [0.3, 0.4) is 0 Å². The van der Waals surface area contributed by atoms with E-state index in [1.54, 1.807) is 11.3 Å². The van der Waals surface area contributed by atoms with E-state index in [-0.39, 0.29) is 17.6 Å². The van der Waals surface area contributed by atoms with Gasteiger partial charge in [-0.3, -0.25) is 15.7 Å². The van der Waals surface area contributed by atoms with Crippen molar-refractivity contribution in [3.63, 3.8) is 0 Å². The van der Waals surface area contributed by atoms with Crippen molar-refractivity contribution in [1.29, 1.82) is 0 Å². The first-order valence-electron chi connectivity index (χ1n) is 6.94. The first-order valence-corrected chi connectivity index (χ1v) is 7.82. The number of nitrogens with two attached hydrogens (primary N) is 1. The number of hydrazine groups is 1. The SMILES string of the molecule is CCOC(C(Cc1cn2ccsc2n1)NN)C(C)(C)C. The Morgan fingerprint density at radius 1 is 1.50 bits per heavy atom. The molecule has 2 atom stereocenters. The Morgan fingerprint density at radius 3 is 2.80 bits per heavy atom. The average molecular weight is 296 g/mol. The van der Waals surface area contributed by atoms with Crippen molar-refractivity contribution >= 4 is 16.3 Å². The summed E-state index contributed by atoms with van der Waals surface area (Å²) in [5.41, 5.74) is 3.96. The first-order chi connectivity index (χ1) is 9.45. The highest BCUT2D eigenvalue weighted by Gasteiger charge is 2.33. The van der Waals surface area contributed by atoms with E-state index in [9.17, 15) is 0 Å². The number of imidazole rings is 1. The predicted octanol–water partition coefficient (Wildman–Crippen LogP) is 2.22. The fourth-order valence-electron chi connectivity index (χ4n) is 2.50. The first kappa shape index (κ1) is 15.4. The summed E-state index contributed by atoms with van der Waals surface area (Å²) in [4.78, 5) is 5.63. The molecule has 112 valence electrons. The minimum atomic E-state index is 0.0180. The van der Waals surface area contributed by atoms with Gasteiger partial charge in [0.05, 0.1) is 17.8 Å². The Bertz CT molecular complexity index is 514. The predicted molar refractivity (Wildman–Crippen MR) is 82.8 cm³/mol. The Hall–Kier alpha value is -0.950. The zero-order valence-electron chi connectivity index (χ0n) is 12.6. The summed E-state index contributed by atoms with van der Waals surface area (Å²) >= 11 is 1.64. The molecule has 0 amide bonds. The van der Waals surface area contributed by atoms with E-state index >= 15 is 0 Å². The second kappa shape index (κ2) is 6.22. The fourth-order valence-corrected chi connectivity index (χ4v) is 3.22. The van der Waals surface area contributed by atoms with Crippen molar-refractivity contribution < 1.29 is 4.74 Å². The van der Waals surface area contributed by atoms with Crippen LogP contribution in [0.15, 0.2) is 17.8 Å². The highest BCUT2D eigenvalue weighted by Crippen LogP contribution is 2.26. The molecule has 0 bridgehead atoms. The Balaban J connectivity index is 2.16. The van der Waals surface area contributed by atoms with Crippen molar-refractivity contribution in [2.24, 2.45) is 11.3 Å². The van der Waals surface area contributed by atoms with Crippen molar-refractivity contribution in [2.75, 3.05) is 6.61 Å². The molecular formula is C14H24N4OS. The standard InChI is InChI=1S/C14H24N4OS/c1-5-19-12(14(2,3)4)11(17-15)8-10-9-18-6-7-20-13(18)16-10/h6-7,9,11-12,17H,5,8,15H2,1-4H3. The normalized spacial score (nSPS) is 15.7. The van der Waals surface area contributed by atoms with E-state index in [4.69, 9.17) is 10.6 Å². The van der Waals surface area contributed by atoms with Gasteiger partial charge in [-0.05, 0) is 12.3 Å². The maximum absolute atomic E-state index is 5.91. The van der Waals surface area contributed by atoms with Gasteiger partial charge < -0.3 is 4.74 Å². The smallest absolute Gasteiger partial charge is 0.193 e. The van der Waals surface area contributed by atoms with Gasteiger partial charge in [0.25, 0.3) is 0 Å². The highest BCUT2D eigenvalue weighted by molar-refractivity contribution is 7.15. The van der Waals surface area contributed by atoms with Gasteiger partial charge in [0.15, 0.2) is 4.96 Å². The van der Waals surface area contributed by atoms with Gasteiger partial charge in [0.1, 0.15) is 0 Å². The van der Waals surface area contributed by atoms with Crippen LogP contribution in [0.1, 0.15) is 33.4 Å². The molecule has 0 saturated carbocycles. The Kier molecular flexibility index (Phi) is 4.80. The molecule has 0 aliphatic rings. The van der Waals surface area contributed by atoms with E-state index in [0.717, 1.165) is 17.1 Å². The molecule has 0 fully saturated rings. The highest BCUT2D eigenvalue weighted by atomic mass is 32.1. The molecule has 6 heteroatoms. The molecule has 2 rings (SSSR count). The number of hydrogen-bond acceptors (Lipinski definition) is 5. The molecule has 0 spiro atoms. The van der Waals surface area contributed by atoms with Gasteiger partial charge in [0, 0.05) is 30.8 Å². The maximum atomic E-state index is 5.91. The monoisotopic (exact) mass is 296 g/mol. The van der Waals surface area contributed by atoms with E-state index < -0.39 is 0 Å². The van der Waals surface area contributed by atoms with Crippen LogP contribution in [0.25, 0.3) is 4.96 Å². The van der Waals surface area contributed by atoms with Gasteiger partial charge in [-0.15, -0.1) is 11.3 Å². The molecule has 3 N–H and O–H groups in total. The molecule has 20 heavy (non-hydrogen) atoms. The number of aromatic nitrogens is 2. The Morgan fingerprint density at radius 2 is 2.25 bits per heavy atom. The van der Waals surface area contributed by atoms with E-state index in [1.165, 1.54) is 0 Å². The lowest BCUT2D eigenvalue weighted by Gasteiger charge is -2.36. The zero-order valence-corrected chi connectivity index (χ0v) is 13.4. The number of rotatable bonds is 6. The van der Waals surface area contributed by atoms with Crippen LogP contribution in [0, 0.1) is 5.41 Å². The third kappa shape index (κ3) is 3.38. The van der Waals surface area contributed by atoms with E-state index in [1.807, 2.05) is 22.9 Å².